The molecule has 0 spiro atoms. The van der Waals surface area contributed by atoms with Crippen molar-refractivity contribution >= 4 is 11.4 Å². The Morgan fingerprint density at radius 3 is 2.91 bits per heavy atom. The molecule has 5 heteroatoms. The Hall–Kier alpha value is -3.00. The Morgan fingerprint density at radius 1 is 1.39 bits per heavy atom. The van der Waals surface area contributed by atoms with E-state index in [1.807, 2.05) is 37.3 Å². The fraction of sp³-hybridized carbons (Fsp3) is 0.222. The SMILES string of the molecule is CCC(C(C)=O)c1cccc(-c2ccn3ncc(C#N)c3n2)c1. The van der Waals surface area contributed by atoms with Crippen LogP contribution in [0.3, 0.4) is 0 Å². The van der Waals surface area contributed by atoms with Gasteiger partial charge in [0.1, 0.15) is 17.4 Å². The van der Waals surface area contributed by atoms with E-state index in [0.29, 0.717) is 11.2 Å². The van der Waals surface area contributed by atoms with Crippen LogP contribution in [0.4, 0.5) is 0 Å². The predicted octanol–water partition coefficient (Wildman–Crippen LogP) is 3.35. The summed E-state index contributed by atoms with van der Waals surface area (Å²) in [4.78, 5) is 16.3. The Kier molecular flexibility index (Phi) is 3.90. The smallest absolute Gasteiger partial charge is 0.173 e. The molecule has 2 aromatic heterocycles. The molecule has 0 fully saturated rings. The summed E-state index contributed by atoms with van der Waals surface area (Å²) in [6.07, 6.45) is 4.06. The van der Waals surface area contributed by atoms with Crippen molar-refractivity contribution in [3.05, 3.63) is 53.9 Å². The van der Waals surface area contributed by atoms with E-state index in [0.717, 1.165) is 23.2 Å². The number of fused-ring (bicyclic) bond motifs is 1. The first-order valence-electron chi connectivity index (χ1n) is 7.49. The average Bonchev–Trinajstić information content (AvgIpc) is 2.97. The second kappa shape index (κ2) is 6.01. The molecule has 0 saturated carbocycles. The highest BCUT2D eigenvalue weighted by Gasteiger charge is 2.15. The third kappa shape index (κ3) is 2.71. The first-order valence-corrected chi connectivity index (χ1v) is 7.49. The maximum Gasteiger partial charge on any atom is 0.173 e. The van der Waals surface area contributed by atoms with Crippen molar-refractivity contribution in [2.24, 2.45) is 0 Å². The normalized spacial score (nSPS) is 12.0. The Bertz CT molecular complexity index is 920. The molecule has 0 bridgehead atoms. The van der Waals surface area contributed by atoms with Crippen molar-refractivity contribution in [3.63, 3.8) is 0 Å². The zero-order valence-electron chi connectivity index (χ0n) is 13.0. The summed E-state index contributed by atoms with van der Waals surface area (Å²) in [7, 11) is 0. The summed E-state index contributed by atoms with van der Waals surface area (Å²) in [6, 6.07) is 11.8. The van der Waals surface area contributed by atoms with Crippen LogP contribution in [0.15, 0.2) is 42.7 Å². The van der Waals surface area contributed by atoms with Crippen molar-refractivity contribution in [2.45, 2.75) is 26.2 Å². The molecule has 1 aromatic carbocycles. The van der Waals surface area contributed by atoms with E-state index in [1.54, 1.807) is 17.6 Å². The molecule has 5 nitrogen and oxygen atoms in total. The molecule has 0 aliphatic heterocycles. The number of hydrogen-bond donors (Lipinski definition) is 0. The van der Waals surface area contributed by atoms with Gasteiger partial charge in [0, 0.05) is 17.7 Å². The van der Waals surface area contributed by atoms with Gasteiger partial charge in [0.05, 0.1) is 11.9 Å². The van der Waals surface area contributed by atoms with E-state index in [9.17, 15) is 4.79 Å². The fourth-order valence-electron chi connectivity index (χ4n) is 2.78. The van der Waals surface area contributed by atoms with Gasteiger partial charge in [0.15, 0.2) is 5.65 Å². The molecule has 0 aliphatic carbocycles. The molecule has 2 heterocycles. The number of carbonyl (C=O) groups is 1. The van der Waals surface area contributed by atoms with Crippen LogP contribution in [-0.4, -0.2) is 20.4 Å². The number of nitriles is 1. The van der Waals surface area contributed by atoms with Gasteiger partial charge in [0.2, 0.25) is 0 Å². The monoisotopic (exact) mass is 304 g/mol. The first kappa shape index (κ1) is 14.9. The maximum absolute atomic E-state index is 11.8. The molecule has 23 heavy (non-hydrogen) atoms. The number of carbonyl (C=O) groups excluding carboxylic acids is 1. The Balaban J connectivity index is 2.08. The van der Waals surface area contributed by atoms with E-state index < -0.39 is 0 Å². The number of benzene rings is 1. The third-order valence-corrected chi connectivity index (χ3v) is 3.97. The van der Waals surface area contributed by atoms with Crippen LogP contribution in [0.5, 0.6) is 0 Å². The standard InChI is InChI=1S/C18H16N4O/c1-3-16(12(2)23)13-5-4-6-14(9-13)17-7-8-22-18(21-17)15(10-19)11-20-22/h4-9,11,16H,3H2,1-2H3. The average molecular weight is 304 g/mol. The lowest BCUT2D eigenvalue weighted by molar-refractivity contribution is -0.118. The second-order valence-electron chi connectivity index (χ2n) is 5.45. The number of rotatable bonds is 4. The van der Waals surface area contributed by atoms with Crippen LogP contribution in [0, 0.1) is 11.3 Å². The Labute approximate surface area is 134 Å². The number of Topliss-reactive ketones (excluding diaryl/α,β-unsaturated/α-hetero) is 1. The highest BCUT2D eigenvalue weighted by molar-refractivity contribution is 5.83. The molecular formula is C18H16N4O. The van der Waals surface area contributed by atoms with Crippen LogP contribution in [0.25, 0.3) is 16.9 Å². The molecule has 0 radical (unpaired) electrons. The van der Waals surface area contributed by atoms with Crippen LogP contribution in [0.1, 0.15) is 37.3 Å². The van der Waals surface area contributed by atoms with Crippen LogP contribution < -0.4 is 0 Å². The van der Waals surface area contributed by atoms with E-state index >= 15 is 0 Å². The van der Waals surface area contributed by atoms with Crippen LogP contribution in [-0.2, 0) is 4.79 Å². The molecule has 3 rings (SSSR count). The summed E-state index contributed by atoms with van der Waals surface area (Å²) < 4.78 is 1.58. The van der Waals surface area contributed by atoms with E-state index in [1.165, 1.54) is 6.20 Å². The molecule has 0 amide bonds. The summed E-state index contributed by atoms with van der Waals surface area (Å²) in [5.41, 5.74) is 3.66. The topological polar surface area (TPSA) is 71.1 Å². The summed E-state index contributed by atoms with van der Waals surface area (Å²) >= 11 is 0. The van der Waals surface area contributed by atoms with Gasteiger partial charge in [-0.05, 0) is 31.0 Å². The van der Waals surface area contributed by atoms with Gasteiger partial charge < -0.3 is 0 Å². The van der Waals surface area contributed by atoms with Gasteiger partial charge in [-0.3, -0.25) is 4.79 Å². The second-order valence-corrected chi connectivity index (χ2v) is 5.45. The molecule has 114 valence electrons. The summed E-state index contributed by atoms with van der Waals surface area (Å²) in [5, 5.41) is 13.2. The largest absolute Gasteiger partial charge is 0.299 e. The van der Waals surface area contributed by atoms with E-state index in [2.05, 4.69) is 16.2 Å². The van der Waals surface area contributed by atoms with Crippen LogP contribution in [0.2, 0.25) is 0 Å². The van der Waals surface area contributed by atoms with Crippen molar-refractivity contribution in [3.8, 4) is 17.3 Å². The predicted molar refractivity (Wildman–Crippen MR) is 86.9 cm³/mol. The van der Waals surface area contributed by atoms with Gasteiger partial charge in [-0.2, -0.15) is 10.4 Å². The molecule has 0 N–H and O–H groups in total. The minimum atomic E-state index is -0.0942. The molecule has 0 aliphatic rings. The van der Waals surface area contributed by atoms with Gasteiger partial charge in [-0.15, -0.1) is 0 Å². The highest BCUT2D eigenvalue weighted by Crippen LogP contribution is 2.26. The van der Waals surface area contributed by atoms with Gasteiger partial charge in [-0.1, -0.05) is 25.1 Å². The lowest BCUT2D eigenvalue weighted by atomic mass is 9.91. The number of nitrogens with zero attached hydrogens (tertiary/aromatic N) is 4. The number of hydrogen-bond acceptors (Lipinski definition) is 4. The van der Waals surface area contributed by atoms with E-state index in [4.69, 9.17) is 5.26 Å². The highest BCUT2D eigenvalue weighted by atomic mass is 16.1. The van der Waals surface area contributed by atoms with Crippen LogP contribution >= 0.6 is 0 Å². The van der Waals surface area contributed by atoms with E-state index in [-0.39, 0.29) is 11.7 Å². The van der Waals surface area contributed by atoms with Crippen molar-refractivity contribution in [1.29, 1.82) is 5.26 Å². The van der Waals surface area contributed by atoms with Crippen molar-refractivity contribution in [1.82, 2.24) is 14.6 Å². The lowest BCUT2D eigenvalue weighted by Gasteiger charge is -2.13. The lowest BCUT2D eigenvalue weighted by Crippen LogP contribution is -2.07. The fourth-order valence-corrected chi connectivity index (χ4v) is 2.78. The summed E-state index contributed by atoms with van der Waals surface area (Å²) in [5.74, 6) is 0.0685. The molecule has 3 aromatic rings. The van der Waals surface area contributed by atoms with Crippen molar-refractivity contribution < 1.29 is 4.79 Å². The zero-order chi connectivity index (χ0) is 16.4. The third-order valence-electron chi connectivity index (χ3n) is 3.97. The Morgan fingerprint density at radius 2 is 2.22 bits per heavy atom. The number of ketones is 1. The van der Waals surface area contributed by atoms with Crippen molar-refractivity contribution in [2.75, 3.05) is 0 Å². The maximum atomic E-state index is 11.8. The first-order chi connectivity index (χ1) is 11.1. The number of aromatic nitrogens is 3. The molecule has 0 saturated heterocycles. The zero-order valence-corrected chi connectivity index (χ0v) is 13.0. The van der Waals surface area contributed by atoms with Gasteiger partial charge in [0.25, 0.3) is 0 Å². The summed E-state index contributed by atoms with van der Waals surface area (Å²) in [6.45, 7) is 3.63. The van der Waals surface area contributed by atoms with Gasteiger partial charge in [-0.25, -0.2) is 9.50 Å². The quantitative estimate of drug-likeness (QED) is 0.741. The molecule has 1 atom stereocenters. The minimum Gasteiger partial charge on any atom is -0.299 e. The van der Waals surface area contributed by atoms with Gasteiger partial charge >= 0.3 is 0 Å². The molecular weight excluding hydrogens is 288 g/mol. The molecule has 1 unspecified atom stereocenters. The minimum absolute atomic E-state index is 0.0942.